The van der Waals surface area contributed by atoms with Crippen LogP contribution in [-0.4, -0.2) is 19.3 Å². The van der Waals surface area contributed by atoms with Crippen LogP contribution in [0.1, 0.15) is 26.7 Å². The molecule has 1 aliphatic rings. The highest BCUT2D eigenvalue weighted by Crippen LogP contribution is 2.20. The lowest BCUT2D eigenvalue weighted by molar-refractivity contribution is 0.0341. The first-order valence-electron chi connectivity index (χ1n) is 4.53. The van der Waals surface area contributed by atoms with Crippen LogP contribution in [0, 0.1) is 11.8 Å². The van der Waals surface area contributed by atoms with E-state index in [1.807, 2.05) is 0 Å². The summed E-state index contributed by atoms with van der Waals surface area (Å²) in [7, 11) is 0. The molecular weight excluding hydrogens is 174 g/mol. The monoisotopic (exact) mass is 193 g/mol. The van der Waals surface area contributed by atoms with E-state index in [2.05, 4.69) is 13.8 Å². The van der Waals surface area contributed by atoms with Crippen molar-refractivity contribution < 1.29 is 4.74 Å². The molecule has 1 saturated heterocycles. The molecule has 0 aliphatic carbocycles. The summed E-state index contributed by atoms with van der Waals surface area (Å²) < 4.78 is 5.37. The van der Waals surface area contributed by atoms with E-state index in [9.17, 15) is 0 Å². The maximum Gasteiger partial charge on any atom is 0.0509 e. The fraction of sp³-hybridized carbons (Fsp3) is 1.00. The molecule has 2 N–H and O–H groups in total. The summed E-state index contributed by atoms with van der Waals surface area (Å²) in [5.41, 5.74) is 5.95. The van der Waals surface area contributed by atoms with Gasteiger partial charge in [0, 0.05) is 12.6 Å². The zero-order valence-electron chi connectivity index (χ0n) is 7.95. The van der Waals surface area contributed by atoms with E-state index < -0.39 is 0 Å². The molecule has 12 heavy (non-hydrogen) atoms. The highest BCUT2D eigenvalue weighted by atomic mass is 35.5. The second-order valence-corrected chi connectivity index (χ2v) is 3.92. The van der Waals surface area contributed by atoms with Gasteiger partial charge in [0.25, 0.3) is 0 Å². The zero-order chi connectivity index (χ0) is 8.27. The Kier molecular flexibility index (Phi) is 5.89. The van der Waals surface area contributed by atoms with Crippen LogP contribution in [0.15, 0.2) is 0 Å². The van der Waals surface area contributed by atoms with Gasteiger partial charge in [0.2, 0.25) is 0 Å². The summed E-state index contributed by atoms with van der Waals surface area (Å²) in [4.78, 5) is 0. The third-order valence-corrected chi connectivity index (χ3v) is 2.31. The van der Waals surface area contributed by atoms with Crippen molar-refractivity contribution in [3.63, 3.8) is 0 Å². The summed E-state index contributed by atoms with van der Waals surface area (Å²) in [5.74, 6) is 1.34. The highest BCUT2D eigenvalue weighted by Gasteiger charge is 2.22. The average Bonchev–Trinajstić information content (AvgIpc) is 1.93. The molecule has 0 aromatic carbocycles. The third-order valence-electron chi connectivity index (χ3n) is 2.31. The molecule has 2 nitrogen and oxygen atoms in total. The van der Waals surface area contributed by atoms with Crippen molar-refractivity contribution in [2.45, 2.75) is 32.7 Å². The van der Waals surface area contributed by atoms with Crippen molar-refractivity contribution in [1.82, 2.24) is 0 Å². The molecule has 2 atom stereocenters. The van der Waals surface area contributed by atoms with E-state index in [0.717, 1.165) is 25.6 Å². The van der Waals surface area contributed by atoms with E-state index in [4.69, 9.17) is 10.5 Å². The summed E-state index contributed by atoms with van der Waals surface area (Å²) in [6, 6.07) is 0.381. The minimum atomic E-state index is 0. The van der Waals surface area contributed by atoms with Gasteiger partial charge in [-0.25, -0.2) is 0 Å². The molecule has 1 fully saturated rings. The van der Waals surface area contributed by atoms with E-state index in [1.54, 1.807) is 0 Å². The number of nitrogens with two attached hydrogens (primary N) is 1. The lowest BCUT2D eigenvalue weighted by atomic mass is 9.89. The quantitative estimate of drug-likeness (QED) is 0.726. The molecule has 1 aliphatic heterocycles. The van der Waals surface area contributed by atoms with Crippen LogP contribution in [0.2, 0.25) is 0 Å². The number of rotatable bonds is 2. The van der Waals surface area contributed by atoms with Gasteiger partial charge in [-0.3, -0.25) is 0 Å². The Morgan fingerprint density at radius 2 is 2.17 bits per heavy atom. The van der Waals surface area contributed by atoms with Crippen molar-refractivity contribution in [3.05, 3.63) is 0 Å². The van der Waals surface area contributed by atoms with Gasteiger partial charge in [0.1, 0.15) is 0 Å². The molecule has 0 unspecified atom stereocenters. The zero-order valence-corrected chi connectivity index (χ0v) is 8.77. The van der Waals surface area contributed by atoms with Gasteiger partial charge in [0.05, 0.1) is 6.61 Å². The average molecular weight is 194 g/mol. The van der Waals surface area contributed by atoms with Gasteiger partial charge in [0.15, 0.2) is 0 Å². The normalized spacial score (nSPS) is 30.0. The van der Waals surface area contributed by atoms with Crippen molar-refractivity contribution in [2.24, 2.45) is 17.6 Å². The van der Waals surface area contributed by atoms with Gasteiger partial charge in [-0.1, -0.05) is 13.8 Å². The molecule has 0 spiro atoms. The molecule has 0 amide bonds. The third kappa shape index (κ3) is 3.74. The summed E-state index contributed by atoms with van der Waals surface area (Å²) >= 11 is 0. The fourth-order valence-corrected chi connectivity index (χ4v) is 1.66. The van der Waals surface area contributed by atoms with Crippen LogP contribution < -0.4 is 5.73 Å². The first-order valence-corrected chi connectivity index (χ1v) is 4.53. The number of halogens is 1. The largest absolute Gasteiger partial charge is 0.381 e. The Bertz CT molecular complexity index is 119. The van der Waals surface area contributed by atoms with Crippen LogP contribution in [-0.2, 0) is 4.74 Å². The van der Waals surface area contributed by atoms with Crippen molar-refractivity contribution >= 4 is 12.4 Å². The maximum atomic E-state index is 5.95. The molecule has 0 saturated carbocycles. The molecule has 1 heterocycles. The Morgan fingerprint density at radius 1 is 1.50 bits per heavy atom. The predicted octanol–water partition coefficient (Wildman–Crippen LogP) is 1.82. The van der Waals surface area contributed by atoms with Gasteiger partial charge in [-0.05, 0) is 24.7 Å². The van der Waals surface area contributed by atoms with Crippen molar-refractivity contribution in [2.75, 3.05) is 13.2 Å². The van der Waals surface area contributed by atoms with Crippen LogP contribution >= 0.6 is 12.4 Å². The van der Waals surface area contributed by atoms with Crippen LogP contribution in [0.25, 0.3) is 0 Å². The van der Waals surface area contributed by atoms with Gasteiger partial charge in [-0.2, -0.15) is 0 Å². The predicted molar refractivity (Wildman–Crippen MR) is 53.6 cm³/mol. The molecule has 74 valence electrons. The SMILES string of the molecule is CC(C)C[C@@H]1COCC[C@@H]1N.Cl. The van der Waals surface area contributed by atoms with E-state index >= 15 is 0 Å². The Morgan fingerprint density at radius 3 is 2.67 bits per heavy atom. The Hall–Kier alpha value is 0.210. The standard InChI is InChI=1S/C9H19NO.ClH/c1-7(2)5-8-6-11-4-3-9(8)10;/h7-9H,3-6,10H2,1-2H3;1H/t8-,9+;/m1./s1. The van der Waals surface area contributed by atoms with Gasteiger partial charge in [-0.15, -0.1) is 12.4 Å². The van der Waals surface area contributed by atoms with Crippen molar-refractivity contribution in [3.8, 4) is 0 Å². The second-order valence-electron chi connectivity index (χ2n) is 3.92. The maximum absolute atomic E-state index is 5.95. The lowest BCUT2D eigenvalue weighted by Gasteiger charge is -2.29. The smallest absolute Gasteiger partial charge is 0.0509 e. The molecule has 3 heteroatoms. The summed E-state index contributed by atoms with van der Waals surface area (Å²) in [6.45, 7) is 6.21. The molecule has 1 rings (SSSR count). The molecular formula is C9H20ClNO. The van der Waals surface area contributed by atoms with E-state index in [0.29, 0.717) is 12.0 Å². The van der Waals surface area contributed by atoms with E-state index in [1.165, 1.54) is 6.42 Å². The van der Waals surface area contributed by atoms with Gasteiger partial charge >= 0.3 is 0 Å². The fourth-order valence-electron chi connectivity index (χ4n) is 1.66. The van der Waals surface area contributed by atoms with Crippen LogP contribution in [0.3, 0.4) is 0 Å². The summed E-state index contributed by atoms with van der Waals surface area (Å²) in [5, 5.41) is 0. The molecule has 0 radical (unpaired) electrons. The van der Waals surface area contributed by atoms with Crippen molar-refractivity contribution in [1.29, 1.82) is 0 Å². The topological polar surface area (TPSA) is 35.2 Å². The first-order chi connectivity index (χ1) is 5.20. The second kappa shape index (κ2) is 5.79. The van der Waals surface area contributed by atoms with Crippen LogP contribution in [0.5, 0.6) is 0 Å². The minimum absolute atomic E-state index is 0. The summed E-state index contributed by atoms with van der Waals surface area (Å²) in [6.07, 6.45) is 2.25. The van der Waals surface area contributed by atoms with Gasteiger partial charge < -0.3 is 10.5 Å². The first kappa shape index (κ1) is 12.2. The van der Waals surface area contributed by atoms with Crippen LogP contribution in [0.4, 0.5) is 0 Å². The highest BCUT2D eigenvalue weighted by molar-refractivity contribution is 5.85. The number of hydrogen-bond acceptors (Lipinski definition) is 2. The number of hydrogen-bond donors (Lipinski definition) is 1. The van der Waals surface area contributed by atoms with E-state index in [-0.39, 0.29) is 12.4 Å². The molecule has 0 aromatic rings. The molecule has 0 aromatic heterocycles. The number of ether oxygens (including phenoxy) is 1. The lowest BCUT2D eigenvalue weighted by Crippen LogP contribution is -2.39. The molecule has 0 bridgehead atoms. The Balaban J connectivity index is 0.00000121. The Labute approximate surface area is 81.3 Å². The minimum Gasteiger partial charge on any atom is -0.381 e.